The highest BCUT2D eigenvalue weighted by atomic mass is 16.5. The maximum Gasteiger partial charge on any atom is 0.225 e. The fraction of sp³-hybridized carbons (Fsp3) is 0.923. The maximum atomic E-state index is 12.1. The number of carbonyl (C=O) groups excluding carboxylic acids is 1. The van der Waals surface area contributed by atoms with Crippen LogP contribution in [0.2, 0.25) is 0 Å². The van der Waals surface area contributed by atoms with E-state index < -0.39 is 0 Å². The van der Waals surface area contributed by atoms with Gasteiger partial charge in [0.2, 0.25) is 5.91 Å². The van der Waals surface area contributed by atoms with Gasteiger partial charge in [-0.25, -0.2) is 0 Å². The van der Waals surface area contributed by atoms with E-state index in [2.05, 4.69) is 0 Å². The Morgan fingerprint density at radius 3 is 2.41 bits per heavy atom. The lowest BCUT2D eigenvalue weighted by molar-refractivity contribution is -0.143. The van der Waals surface area contributed by atoms with E-state index in [0.29, 0.717) is 11.8 Å². The summed E-state index contributed by atoms with van der Waals surface area (Å²) in [5.74, 6) is 0.694. The molecule has 0 bridgehead atoms. The number of likely N-dealkylation sites (tertiary alicyclic amines) is 1. The number of nitrogens with two attached hydrogens (primary N) is 1. The number of ether oxygens (including phenoxy) is 1. The number of amides is 1. The van der Waals surface area contributed by atoms with Crippen LogP contribution in [0.4, 0.5) is 0 Å². The van der Waals surface area contributed by atoms with Gasteiger partial charge in [0.15, 0.2) is 0 Å². The molecule has 0 aromatic rings. The highest BCUT2D eigenvalue weighted by Gasteiger charge is 2.45. The van der Waals surface area contributed by atoms with E-state index in [1.165, 1.54) is 6.42 Å². The van der Waals surface area contributed by atoms with Crippen LogP contribution in [0.25, 0.3) is 0 Å². The summed E-state index contributed by atoms with van der Waals surface area (Å²) in [5.41, 5.74) is 6.02. The largest absolute Gasteiger partial charge is 0.373 e. The monoisotopic (exact) mass is 238 g/mol. The first kappa shape index (κ1) is 11.5. The highest BCUT2D eigenvalue weighted by Crippen LogP contribution is 2.36. The van der Waals surface area contributed by atoms with Crippen molar-refractivity contribution in [3.8, 4) is 0 Å². The minimum absolute atomic E-state index is 0.115. The lowest BCUT2D eigenvalue weighted by Gasteiger charge is -2.42. The van der Waals surface area contributed by atoms with Crippen LogP contribution < -0.4 is 5.73 Å². The van der Waals surface area contributed by atoms with Crippen LogP contribution in [0.1, 0.15) is 38.5 Å². The summed E-state index contributed by atoms with van der Waals surface area (Å²) in [5, 5.41) is 0. The minimum atomic E-state index is -0.115. The Hall–Kier alpha value is -0.610. The first-order chi connectivity index (χ1) is 8.21. The van der Waals surface area contributed by atoms with E-state index in [0.717, 1.165) is 51.8 Å². The number of hydrogen-bond acceptors (Lipinski definition) is 3. The smallest absolute Gasteiger partial charge is 0.225 e. The van der Waals surface area contributed by atoms with Gasteiger partial charge >= 0.3 is 0 Å². The number of carbonyl (C=O) groups is 1. The molecule has 3 rings (SSSR count). The number of nitrogens with zero attached hydrogens (tertiary/aromatic N) is 1. The van der Waals surface area contributed by atoms with Crippen molar-refractivity contribution in [1.29, 1.82) is 0 Å². The summed E-state index contributed by atoms with van der Waals surface area (Å²) in [6.45, 7) is 2.46. The third-order valence-corrected chi connectivity index (χ3v) is 4.87. The van der Waals surface area contributed by atoms with Gasteiger partial charge in [-0.2, -0.15) is 0 Å². The molecule has 3 fully saturated rings. The van der Waals surface area contributed by atoms with E-state index in [1.807, 2.05) is 4.90 Å². The fourth-order valence-corrected chi connectivity index (χ4v) is 3.29. The molecule has 1 spiro atoms. The predicted molar refractivity (Wildman–Crippen MR) is 64.4 cm³/mol. The Bertz CT molecular complexity index is 307. The molecule has 1 aliphatic carbocycles. The molecular formula is C13H22N2O2. The first-order valence-corrected chi connectivity index (χ1v) is 6.90. The normalized spacial score (nSPS) is 32.8. The van der Waals surface area contributed by atoms with Gasteiger partial charge in [-0.05, 0) is 32.1 Å². The zero-order chi connectivity index (χ0) is 11.9. The Morgan fingerprint density at radius 1 is 1.24 bits per heavy atom. The first-order valence-electron chi connectivity index (χ1n) is 6.90. The number of hydrogen-bond donors (Lipinski definition) is 1. The Labute approximate surface area is 102 Å². The van der Waals surface area contributed by atoms with E-state index in [1.54, 1.807) is 0 Å². The van der Waals surface area contributed by atoms with Gasteiger partial charge in [-0.15, -0.1) is 0 Å². The van der Waals surface area contributed by atoms with Crippen LogP contribution in [0.5, 0.6) is 0 Å². The van der Waals surface area contributed by atoms with Gasteiger partial charge in [-0.1, -0.05) is 6.42 Å². The molecule has 2 N–H and O–H groups in total. The highest BCUT2D eigenvalue weighted by molar-refractivity contribution is 5.79. The molecule has 2 aliphatic heterocycles. The third kappa shape index (κ3) is 1.87. The molecule has 4 nitrogen and oxygen atoms in total. The SMILES string of the molecule is NC1CCOC12CCN(C(=O)C1CCC1)CC2. The van der Waals surface area contributed by atoms with E-state index in [-0.39, 0.29) is 11.6 Å². The van der Waals surface area contributed by atoms with Crippen molar-refractivity contribution < 1.29 is 9.53 Å². The van der Waals surface area contributed by atoms with Crippen molar-refractivity contribution in [3.63, 3.8) is 0 Å². The number of rotatable bonds is 1. The average Bonchev–Trinajstić information content (AvgIpc) is 2.59. The van der Waals surface area contributed by atoms with Gasteiger partial charge < -0.3 is 15.4 Å². The van der Waals surface area contributed by atoms with Crippen molar-refractivity contribution >= 4 is 5.91 Å². The molecule has 1 saturated carbocycles. The van der Waals surface area contributed by atoms with Crippen molar-refractivity contribution in [2.75, 3.05) is 19.7 Å². The summed E-state index contributed by atoms with van der Waals surface area (Å²) >= 11 is 0. The van der Waals surface area contributed by atoms with Gasteiger partial charge in [0.05, 0.1) is 5.60 Å². The second kappa shape index (κ2) is 4.25. The average molecular weight is 238 g/mol. The molecule has 2 heterocycles. The van der Waals surface area contributed by atoms with Crippen molar-refractivity contribution in [3.05, 3.63) is 0 Å². The van der Waals surface area contributed by atoms with Gasteiger partial charge in [-0.3, -0.25) is 4.79 Å². The van der Waals surface area contributed by atoms with Crippen molar-refractivity contribution in [2.24, 2.45) is 11.7 Å². The summed E-state index contributed by atoms with van der Waals surface area (Å²) in [6, 6.07) is 0.170. The summed E-state index contributed by atoms with van der Waals surface area (Å²) in [6.07, 6.45) is 6.23. The molecule has 1 atom stereocenters. The Balaban J connectivity index is 1.58. The summed E-state index contributed by atoms with van der Waals surface area (Å²) in [7, 11) is 0. The molecule has 1 amide bonds. The zero-order valence-corrected chi connectivity index (χ0v) is 10.4. The molecule has 0 aromatic heterocycles. The molecule has 3 aliphatic rings. The van der Waals surface area contributed by atoms with E-state index in [4.69, 9.17) is 10.5 Å². The van der Waals surface area contributed by atoms with Crippen LogP contribution in [0.15, 0.2) is 0 Å². The van der Waals surface area contributed by atoms with Crippen LogP contribution in [-0.4, -0.2) is 42.1 Å². The lowest BCUT2D eigenvalue weighted by Crippen LogP contribution is -2.55. The molecular weight excluding hydrogens is 216 g/mol. The van der Waals surface area contributed by atoms with Gasteiger partial charge in [0.25, 0.3) is 0 Å². The summed E-state index contributed by atoms with van der Waals surface area (Å²) in [4.78, 5) is 14.2. The molecule has 4 heteroatoms. The lowest BCUT2D eigenvalue weighted by atomic mass is 9.81. The Kier molecular flexibility index (Phi) is 2.87. The molecule has 96 valence electrons. The molecule has 1 unspecified atom stereocenters. The molecule has 17 heavy (non-hydrogen) atoms. The van der Waals surface area contributed by atoms with Crippen molar-refractivity contribution in [1.82, 2.24) is 4.90 Å². The second-order valence-electron chi connectivity index (χ2n) is 5.76. The zero-order valence-electron chi connectivity index (χ0n) is 10.4. The quantitative estimate of drug-likeness (QED) is 0.738. The van der Waals surface area contributed by atoms with Gasteiger partial charge in [0.1, 0.15) is 0 Å². The molecule has 0 radical (unpaired) electrons. The fourth-order valence-electron chi connectivity index (χ4n) is 3.29. The Morgan fingerprint density at radius 2 is 1.94 bits per heavy atom. The van der Waals surface area contributed by atoms with E-state index in [9.17, 15) is 4.79 Å². The standard InChI is InChI=1S/C13H22N2O2/c14-11-4-9-17-13(11)5-7-15(8-6-13)12(16)10-2-1-3-10/h10-11H,1-9,14H2. The summed E-state index contributed by atoms with van der Waals surface area (Å²) < 4.78 is 5.86. The molecule has 2 saturated heterocycles. The molecule has 0 aromatic carbocycles. The second-order valence-corrected chi connectivity index (χ2v) is 5.76. The van der Waals surface area contributed by atoms with Crippen LogP contribution in [0, 0.1) is 5.92 Å². The van der Waals surface area contributed by atoms with E-state index >= 15 is 0 Å². The predicted octanol–water partition coefficient (Wildman–Crippen LogP) is 0.895. The van der Waals surface area contributed by atoms with Crippen LogP contribution in [0.3, 0.4) is 0 Å². The minimum Gasteiger partial charge on any atom is -0.373 e. The number of piperidine rings is 1. The third-order valence-electron chi connectivity index (χ3n) is 4.87. The van der Waals surface area contributed by atoms with Crippen LogP contribution >= 0.6 is 0 Å². The van der Waals surface area contributed by atoms with Gasteiger partial charge in [0, 0.05) is 31.7 Å². The van der Waals surface area contributed by atoms with Crippen LogP contribution in [-0.2, 0) is 9.53 Å². The topological polar surface area (TPSA) is 55.6 Å². The van der Waals surface area contributed by atoms with Crippen molar-refractivity contribution in [2.45, 2.75) is 50.2 Å². The maximum absolute atomic E-state index is 12.1.